The summed E-state index contributed by atoms with van der Waals surface area (Å²) in [5, 5.41) is 0. The Balaban J connectivity index is 2.05. The van der Waals surface area contributed by atoms with Crippen molar-refractivity contribution >= 4 is 17.1 Å². The molecule has 5 N–H and O–H groups in total. The number of aromatic amines is 1. The second-order valence-electron chi connectivity index (χ2n) is 4.90. The van der Waals surface area contributed by atoms with Crippen molar-refractivity contribution in [2.45, 2.75) is 6.42 Å². The second kappa shape index (κ2) is 5.87. The Morgan fingerprint density at radius 2 is 2.05 bits per heavy atom. The second-order valence-corrected chi connectivity index (χ2v) is 4.90. The molecule has 0 aliphatic heterocycles. The standard InChI is InChI=1S/C16H16N4O2/c17-8-7-10-3-1-4-11(9-10)15-19-12-5-2-6-13(14(12)20-15)22-16(18)21/h1-6,9H,7-8,17H2,(H2,18,21)(H,19,20). The number of primary amides is 1. The summed E-state index contributed by atoms with van der Waals surface area (Å²) in [6.45, 7) is 0.597. The van der Waals surface area contributed by atoms with Crippen molar-refractivity contribution in [3.8, 4) is 17.1 Å². The molecule has 0 spiro atoms. The fourth-order valence-corrected chi connectivity index (χ4v) is 2.37. The summed E-state index contributed by atoms with van der Waals surface area (Å²) in [4.78, 5) is 18.7. The molecule has 0 atom stereocenters. The zero-order valence-corrected chi connectivity index (χ0v) is 11.9. The van der Waals surface area contributed by atoms with E-state index in [9.17, 15) is 4.79 Å². The Morgan fingerprint density at radius 1 is 1.23 bits per heavy atom. The average Bonchev–Trinajstić information content (AvgIpc) is 2.93. The monoisotopic (exact) mass is 296 g/mol. The topological polar surface area (TPSA) is 107 Å². The number of fused-ring (bicyclic) bond motifs is 1. The van der Waals surface area contributed by atoms with Crippen LogP contribution in [-0.4, -0.2) is 22.6 Å². The number of nitrogens with two attached hydrogens (primary N) is 2. The summed E-state index contributed by atoms with van der Waals surface area (Å²) >= 11 is 0. The lowest BCUT2D eigenvalue weighted by molar-refractivity contribution is 0.211. The molecule has 1 heterocycles. The summed E-state index contributed by atoms with van der Waals surface area (Å²) in [6.07, 6.45) is -0.0496. The van der Waals surface area contributed by atoms with Crippen molar-refractivity contribution in [1.82, 2.24) is 9.97 Å². The molecule has 112 valence electrons. The lowest BCUT2D eigenvalue weighted by atomic mass is 10.1. The third kappa shape index (κ3) is 2.77. The van der Waals surface area contributed by atoms with Crippen LogP contribution in [0.25, 0.3) is 22.4 Å². The first kappa shape index (κ1) is 14.1. The van der Waals surface area contributed by atoms with Crippen molar-refractivity contribution in [3.63, 3.8) is 0 Å². The molecule has 0 aliphatic rings. The van der Waals surface area contributed by atoms with Crippen LogP contribution in [-0.2, 0) is 6.42 Å². The van der Waals surface area contributed by atoms with Crippen molar-refractivity contribution in [2.75, 3.05) is 6.54 Å². The summed E-state index contributed by atoms with van der Waals surface area (Å²) in [6, 6.07) is 13.3. The number of para-hydroxylation sites is 1. The van der Waals surface area contributed by atoms with E-state index in [1.54, 1.807) is 12.1 Å². The Bertz CT molecular complexity index is 826. The first-order valence-electron chi connectivity index (χ1n) is 6.93. The van der Waals surface area contributed by atoms with E-state index >= 15 is 0 Å². The van der Waals surface area contributed by atoms with Crippen LogP contribution in [0.3, 0.4) is 0 Å². The van der Waals surface area contributed by atoms with Gasteiger partial charge in [-0.05, 0) is 36.7 Å². The number of hydrogen-bond acceptors (Lipinski definition) is 4. The van der Waals surface area contributed by atoms with Gasteiger partial charge in [0.15, 0.2) is 5.75 Å². The molecule has 0 bridgehead atoms. The number of rotatable bonds is 4. The zero-order valence-electron chi connectivity index (χ0n) is 11.9. The first-order chi connectivity index (χ1) is 10.7. The molecule has 0 aliphatic carbocycles. The smallest absolute Gasteiger partial charge is 0.408 e. The van der Waals surface area contributed by atoms with Crippen molar-refractivity contribution < 1.29 is 9.53 Å². The molecule has 6 heteroatoms. The van der Waals surface area contributed by atoms with Crippen LogP contribution in [0.4, 0.5) is 4.79 Å². The maximum atomic E-state index is 11.0. The van der Waals surface area contributed by atoms with Gasteiger partial charge in [-0.25, -0.2) is 9.78 Å². The van der Waals surface area contributed by atoms with Gasteiger partial charge in [0.1, 0.15) is 11.3 Å². The number of H-pyrrole nitrogens is 1. The highest BCUT2D eigenvalue weighted by Gasteiger charge is 2.11. The fraction of sp³-hybridized carbons (Fsp3) is 0.125. The lowest BCUT2D eigenvalue weighted by Crippen LogP contribution is -2.16. The molecular formula is C16H16N4O2. The summed E-state index contributed by atoms with van der Waals surface area (Å²) in [7, 11) is 0. The molecule has 1 aromatic heterocycles. The normalized spacial score (nSPS) is 10.8. The number of amides is 1. The number of aromatic nitrogens is 2. The van der Waals surface area contributed by atoms with E-state index in [0.29, 0.717) is 23.6 Å². The van der Waals surface area contributed by atoms with Gasteiger partial charge in [0.2, 0.25) is 0 Å². The van der Waals surface area contributed by atoms with Gasteiger partial charge in [0.05, 0.1) is 5.52 Å². The Kier molecular flexibility index (Phi) is 3.76. The molecule has 0 fully saturated rings. The highest BCUT2D eigenvalue weighted by atomic mass is 16.5. The minimum Gasteiger partial charge on any atom is -0.408 e. The highest BCUT2D eigenvalue weighted by Crippen LogP contribution is 2.27. The molecule has 0 unspecified atom stereocenters. The fourth-order valence-electron chi connectivity index (χ4n) is 2.37. The van der Waals surface area contributed by atoms with E-state index in [0.717, 1.165) is 23.1 Å². The van der Waals surface area contributed by atoms with Crippen LogP contribution < -0.4 is 16.2 Å². The van der Waals surface area contributed by atoms with Gasteiger partial charge in [0, 0.05) is 5.56 Å². The SMILES string of the molecule is NCCc1cccc(-c2nc3c(OC(N)=O)cccc3[nH]2)c1. The van der Waals surface area contributed by atoms with Crippen LogP contribution in [0.15, 0.2) is 42.5 Å². The molecule has 0 saturated carbocycles. The molecule has 22 heavy (non-hydrogen) atoms. The minimum atomic E-state index is -0.859. The van der Waals surface area contributed by atoms with Crippen LogP contribution in [0.5, 0.6) is 5.75 Å². The summed E-state index contributed by atoms with van der Waals surface area (Å²) in [5.41, 5.74) is 14.1. The van der Waals surface area contributed by atoms with Crippen LogP contribution in [0.1, 0.15) is 5.56 Å². The molecule has 6 nitrogen and oxygen atoms in total. The number of hydrogen-bond donors (Lipinski definition) is 3. The predicted molar refractivity (Wildman–Crippen MR) is 84.5 cm³/mol. The average molecular weight is 296 g/mol. The van der Waals surface area contributed by atoms with Gasteiger partial charge in [0.25, 0.3) is 0 Å². The molecular weight excluding hydrogens is 280 g/mol. The predicted octanol–water partition coefficient (Wildman–Crippen LogP) is 2.19. The number of carbonyl (C=O) groups is 1. The van der Waals surface area contributed by atoms with Gasteiger partial charge in [-0.3, -0.25) is 0 Å². The molecule has 2 aromatic carbocycles. The van der Waals surface area contributed by atoms with Gasteiger partial charge >= 0.3 is 6.09 Å². The van der Waals surface area contributed by atoms with Gasteiger partial charge < -0.3 is 21.2 Å². The van der Waals surface area contributed by atoms with Gasteiger partial charge in [-0.2, -0.15) is 0 Å². The first-order valence-corrected chi connectivity index (χ1v) is 6.93. The van der Waals surface area contributed by atoms with Gasteiger partial charge in [-0.1, -0.05) is 24.3 Å². The molecule has 0 saturated heterocycles. The molecule has 0 radical (unpaired) electrons. The third-order valence-corrected chi connectivity index (χ3v) is 3.32. The number of nitrogens with one attached hydrogen (secondary N) is 1. The van der Waals surface area contributed by atoms with E-state index in [1.165, 1.54) is 0 Å². The number of nitrogens with zero attached hydrogens (tertiary/aromatic N) is 1. The summed E-state index contributed by atoms with van der Waals surface area (Å²) < 4.78 is 4.98. The van der Waals surface area contributed by atoms with Crippen molar-refractivity contribution in [1.29, 1.82) is 0 Å². The summed E-state index contributed by atoms with van der Waals surface area (Å²) in [5.74, 6) is 1.04. The number of ether oxygens (including phenoxy) is 1. The van der Waals surface area contributed by atoms with Crippen molar-refractivity contribution in [3.05, 3.63) is 48.0 Å². The Morgan fingerprint density at radius 3 is 2.82 bits per heavy atom. The van der Waals surface area contributed by atoms with Gasteiger partial charge in [-0.15, -0.1) is 0 Å². The maximum absolute atomic E-state index is 11.0. The third-order valence-electron chi connectivity index (χ3n) is 3.32. The number of imidazole rings is 1. The molecule has 1 amide bonds. The van der Waals surface area contributed by atoms with Crippen LogP contribution >= 0.6 is 0 Å². The van der Waals surface area contributed by atoms with Crippen molar-refractivity contribution in [2.24, 2.45) is 11.5 Å². The Labute approximate surface area is 127 Å². The largest absolute Gasteiger partial charge is 0.410 e. The zero-order chi connectivity index (χ0) is 15.5. The minimum absolute atomic E-state index is 0.339. The lowest BCUT2D eigenvalue weighted by Gasteiger charge is -2.01. The number of carbonyl (C=O) groups excluding carboxylic acids is 1. The highest BCUT2D eigenvalue weighted by molar-refractivity contribution is 5.87. The molecule has 3 aromatic rings. The quantitative estimate of drug-likeness (QED) is 0.686. The van der Waals surface area contributed by atoms with E-state index in [-0.39, 0.29) is 0 Å². The van der Waals surface area contributed by atoms with Crippen LogP contribution in [0, 0.1) is 0 Å². The Hall–Kier alpha value is -2.86. The van der Waals surface area contributed by atoms with E-state index in [2.05, 4.69) is 9.97 Å². The number of benzene rings is 2. The molecule has 3 rings (SSSR count). The van der Waals surface area contributed by atoms with E-state index in [4.69, 9.17) is 16.2 Å². The van der Waals surface area contributed by atoms with E-state index in [1.807, 2.05) is 30.3 Å². The van der Waals surface area contributed by atoms with Crippen LogP contribution in [0.2, 0.25) is 0 Å². The maximum Gasteiger partial charge on any atom is 0.410 e. The van der Waals surface area contributed by atoms with E-state index < -0.39 is 6.09 Å².